The van der Waals surface area contributed by atoms with Gasteiger partial charge in [-0.2, -0.15) is 8.42 Å². The van der Waals surface area contributed by atoms with Crippen molar-refractivity contribution < 1.29 is 27.4 Å². The molecule has 44 heavy (non-hydrogen) atoms. The highest BCUT2D eigenvalue weighted by Crippen LogP contribution is 2.43. The normalized spacial score (nSPS) is 20.7. The van der Waals surface area contributed by atoms with Crippen molar-refractivity contribution in [3.63, 3.8) is 0 Å². The molecular formula is C33H46N4O6S. The van der Waals surface area contributed by atoms with Crippen LogP contribution in [0.25, 0.3) is 0 Å². The van der Waals surface area contributed by atoms with Gasteiger partial charge in [-0.05, 0) is 83.0 Å². The molecule has 0 aliphatic carbocycles. The molecular weight excluding hydrogens is 580 g/mol. The average Bonchev–Trinajstić information content (AvgIpc) is 3.24. The largest absolute Gasteiger partial charge is 0.344 e. The molecule has 2 aromatic rings. The lowest BCUT2D eigenvalue weighted by molar-refractivity contribution is -0.138. The molecule has 0 aromatic heterocycles. The van der Waals surface area contributed by atoms with Crippen molar-refractivity contribution in [2.24, 2.45) is 5.92 Å². The van der Waals surface area contributed by atoms with E-state index >= 15 is 0 Å². The fourth-order valence-corrected chi connectivity index (χ4v) is 6.24. The summed E-state index contributed by atoms with van der Waals surface area (Å²) in [5.74, 6) is -0.193. The number of nitrogens with zero attached hydrogens (tertiary/aromatic N) is 2. The second kappa shape index (κ2) is 14.7. The van der Waals surface area contributed by atoms with E-state index in [9.17, 15) is 22.8 Å². The van der Waals surface area contributed by atoms with Crippen molar-refractivity contribution in [3.8, 4) is 0 Å². The minimum absolute atomic E-state index is 0.00928. The molecule has 2 aromatic carbocycles. The molecule has 11 heteroatoms. The maximum absolute atomic E-state index is 13.7. The molecule has 0 unspecified atom stereocenters. The van der Waals surface area contributed by atoms with Gasteiger partial charge < -0.3 is 20.4 Å². The van der Waals surface area contributed by atoms with Crippen LogP contribution in [0.1, 0.15) is 64.0 Å². The molecule has 3 aliphatic rings. The monoisotopic (exact) mass is 626 g/mol. The number of para-hydroxylation sites is 1. The van der Waals surface area contributed by atoms with E-state index in [1.54, 1.807) is 0 Å². The Bertz CT molecular complexity index is 1400. The van der Waals surface area contributed by atoms with Gasteiger partial charge in [-0.15, -0.1) is 0 Å². The van der Waals surface area contributed by atoms with Gasteiger partial charge in [0, 0.05) is 31.4 Å². The third kappa shape index (κ3) is 8.25. The van der Waals surface area contributed by atoms with Crippen LogP contribution in [0.2, 0.25) is 0 Å². The van der Waals surface area contributed by atoms with Gasteiger partial charge in [0.1, 0.15) is 6.04 Å². The number of nitrogens with one attached hydrogen (secondary N) is 2. The predicted molar refractivity (Wildman–Crippen MR) is 171 cm³/mol. The summed E-state index contributed by atoms with van der Waals surface area (Å²) in [5, 5.41) is 6.42. The van der Waals surface area contributed by atoms with Crippen molar-refractivity contribution in [1.82, 2.24) is 15.5 Å². The highest BCUT2D eigenvalue weighted by molar-refractivity contribution is 7.85. The van der Waals surface area contributed by atoms with Crippen molar-refractivity contribution in [2.45, 2.75) is 76.8 Å². The van der Waals surface area contributed by atoms with Gasteiger partial charge in [-0.25, -0.2) is 0 Å². The van der Waals surface area contributed by atoms with Crippen molar-refractivity contribution in [2.75, 3.05) is 36.8 Å². The highest BCUT2D eigenvalue weighted by Gasteiger charge is 2.47. The number of anilines is 1. The summed E-state index contributed by atoms with van der Waals surface area (Å²) < 4.78 is 26.9. The number of carbonyl (C=O) groups is 3. The quantitative estimate of drug-likeness (QED) is 0.383. The number of amides is 3. The minimum atomic E-state index is -3.66. The Morgan fingerprint density at radius 2 is 1.68 bits per heavy atom. The molecule has 0 bridgehead atoms. The SMILES string of the molecule is CC1(C)C(=O)N(C2CCN(C(=O)[C@H](CCc3ccccc3)NC(=O)[C@@H]3CCCNC3)CC2)c2ccccc21.CCS(=O)(=O)O. The summed E-state index contributed by atoms with van der Waals surface area (Å²) in [6, 6.07) is 17.7. The maximum Gasteiger partial charge on any atom is 0.264 e. The van der Waals surface area contributed by atoms with Gasteiger partial charge in [0.15, 0.2) is 0 Å². The molecule has 3 amide bonds. The molecule has 240 valence electrons. The van der Waals surface area contributed by atoms with Gasteiger partial charge in [-0.3, -0.25) is 18.9 Å². The van der Waals surface area contributed by atoms with Crippen LogP contribution in [0.4, 0.5) is 5.69 Å². The van der Waals surface area contributed by atoms with E-state index in [1.807, 2.05) is 66.1 Å². The Morgan fingerprint density at radius 1 is 1.05 bits per heavy atom. The second-order valence-electron chi connectivity index (χ2n) is 12.4. The average molecular weight is 627 g/mol. The molecule has 2 fully saturated rings. The summed E-state index contributed by atoms with van der Waals surface area (Å²) in [5.41, 5.74) is 2.70. The predicted octanol–water partition coefficient (Wildman–Crippen LogP) is 3.31. The van der Waals surface area contributed by atoms with Crippen LogP contribution in [0.15, 0.2) is 54.6 Å². The molecule has 0 saturated carbocycles. The molecule has 2 atom stereocenters. The standard InChI is InChI=1S/C31H40N4O3.C2H6O3S/c1-31(2)25-12-6-7-13-27(25)35(30(31)38)24-16-19-34(20-17-24)29(37)26(15-14-22-9-4-3-5-10-22)33-28(36)23-11-8-18-32-21-23;1-2-6(3,4)5/h3-7,9-10,12-13,23-24,26,32H,8,11,14-21H2,1-2H3,(H,33,36);2H2,1H3,(H,3,4,5)/t23-,26+;/m1./s1. The van der Waals surface area contributed by atoms with E-state index < -0.39 is 21.6 Å². The topological polar surface area (TPSA) is 136 Å². The van der Waals surface area contributed by atoms with Gasteiger partial charge in [0.25, 0.3) is 10.1 Å². The second-order valence-corrected chi connectivity index (χ2v) is 14.1. The van der Waals surface area contributed by atoms with Gasteiger partial charge >= 0.3 is 0 Å². The summed E-state index contributed by atoms with van der Waals surface area (Å²) in [7, 11) is -3.66. The molecule has 2 saturated heterocycles. The number of benzene rings is 2. The third-order valence-corrected chi connectivity index (χ3v) is 9.67. The fraction of sp³-hybridized carbons (Fsp3) is 0.545. The number of hydrogen-bond donors (Lipinski definition) is 3. The van der Waals surface area contributed by atoms with Crippen molar-refractivity contribution >= 4 is 33.5 Å². The van der Waals surface area contributed by atoms with Crippen molar-refractivity contribution in [3.05, 3.63) is 65.7 Å². The first-order valence-corrected chi connectivity index (χ1v) is 17.3. The summed E-state index contributed by atoms with van der Waals surface area (Å²) in [6.45, 7) is 8.13. The smallest absolute Gasteiger partial charge is 0.264 e. The van der Waals surface area contributed by atoms with Crippen LogP contribution in [-0.4, -0.2) is 79.6 Å². The zero-order valence-corrected chi connectivity index (χ0v) is 26.8. The van der Waals surface area contributed by atoms with Crippen LogP contribution in [0.5, 0.6) is 0 Å². The highest BCUT2D eigenvalue weighted by atomic mass is 32.2. The Kier molecular flexibility index (Phi) is 11.2. The number of aryl methyl sites for hydroxylation is 1. The number of hydrogen-bond acceptors (Lipinski definition) is 6. The molecule has 10 nitrogen and oxygen atoms in total. The first-order valence-electron chi connectivity index (χ1n) is 15.6. The number of fused-ring (bicyclic) bond motifs is 1. The van der Waals surface area contributed by atoms with E-state index in [0.717, 1.165) is 55.5 Å². The van der Waals surface area contributed by atoms with Gasteiger partial charge in [-0.1, -0.05) is 48.5 Å². The van der Waals surface area contributed by atoms with E-state index in [2.05, 4.69) is 22.8 Å². The summed E-state index contributed by atoms with van der Waals surface area (Å²) >= 11 is 0. The summed E-state index contributed by atoms with van der Waals surface area (Å²) in [4.78, 5) is 44.1. The van der Waals surface area contributed by atoms with Crippen LogP contribution in [-0.2, 0) is 36.3 Å². The fourth-order valence-electron chi connectivity index (χ4n) is 6.24. The van der Waals surface area contributed by atoms with E-state index in [1.165, 1.54) is 6.92 Å². The zero-order chi connectivity index (χ0) is 31.9. The molecule has 3 N–H and O–H groups in total. The molecule has 0 radical (unpaired) electrons. The Balaban J connectivity index is 0.000000670. The number of rotatable bonds is 8. The number of likely N-dealkylation sites (tertiary alicyclic amines) is 1. The molecule has 3 aliphatic heterocycles. The molecule has 3 heterocycles. The first kappa shape index (κ1) is 33.6. The molecule has 5 rings (SSSR count). The minimum Gasteiger partial charge on any atom is -0.344 e. The third-order valence-electron chi connectivity index (χ3n) is 8.94. The van der Waals surface area contributed by atoms with Crippen molar-refractivity contribution in [1.29, 1.82) is 0 Å². The van der Waals surface area contributed by atoms with Crippen LogP contribution in [0, 0.1) is 5.92 Å². The Hall–Kier alpha value is -3.28. The summed E-state index contributed by atoms with van der Waals surface area (Å²) in [6.07, 6.45) is 4.59. The lowest BCUT2D eigenvalue weighted by Crippen LogP contribution is -2.55. The lowest BCUT2D eigenvalue weighted by atomic mass is 9.86. The van der Waals surface area contributed by atoms with E-state index in [4.69, 9.17) is 4.55 Å². The number of piperidine rings is 2. The Labute approximate surface area is 261 Å². The zero-order valence-electron chi connectivity index (χ0n) is 26.0. The van der Waals surface area contributed by atoms with Gasteiger partial charge in [0.2, 0.25) is 17.7 Å². The maximum atomic E-state index is 13.7. The Morgan fingerprint density at radius 3 is 2.30 bits per heavy atom. The van der Waals surface area contributed by atoms with Crippen LogP contribution in [0.3, 0.4) is 0 Å². The lowest BCUT2D eigenvalue weighted by Gasteiger charge is -2.39. The van der Waals surface area contributed by atoms with E-state index in [-0.39, 0.29) is 35.4 Å². The van der Waals surface area contributed by atoms with Gasteiger partial charge in [0.05, 0.1) is 17.1 Å². The van der Waals surface area contributed by atoms with E-state index in [0.29, 0.717) is 26.1 Å². The first-order chi connectivity index (χ1) is 20.9. The molecule has 0 spiro atoms. The van der Waals surface area contributed by atoms with Crippen LogP contribution >= 0.6 is 0 Å². The van der Waals surface area contributed by atoms with Crippen LogP contribution < -0.4 is 15.5 Å². The number of carbonyl (C=O) groups excluding carboxylic acids is 3.